The Morgan fingerprint density at radius 2 is 1.88 bits per heavy atom. The molecule has 1 atom stereocenters. The summed E-state index contributed by atoms with van der Waals surface area (Å²) < 4.78 is 25.0. The quantitative estimate of drug-likeness (QED) is 0.829. The van der Waals surface area contributed by atoms with E-state index in [0.29, 0.717) is 34.3 Å². The average molecular weight is 413 g/mol. The van der Waals surface area contributed by atoms with Gasteiger partial charge in [-0.25, -0.2) is 8.42 Å². The number of nitrogens with one attached hydrogen (secondary N) is 1. The van der Waals surface area contributed by atoms with Gasteiger partial charge in [-0.15, -0.1) is 0 Å². The summed E-state index contributed by atoms with van der Waals surface area (Å²) in [5.74, 6) is -0.232. The van der Waals surface area contributed by atoms with Crippen LogP contribution in [0.4, 0.5) is 5.69 Å². The Bertz CT molecular complexity index is 976. The van der Waals surface area contributed by atoms with E-state index in [1.54, 1.807) is 30.3 Å². The van der Waals surface area contributed by atoms with Crippen LogP contribution in [0, 0.1) is 0 Å². The van der Waals surface area contributed by atoms with Gasteiger partial charge in [-0.05, 0) is 54.8 Å². The van der Waals surface area contributed by atoms with Crippen LogP contribution >= 0.6 is 23.2 Å². The predicted octanol–water partition coefficient (Wildman–Crippen LogP) is 3.81. The van der Waals surface area contributed by atoms with Crippen LogP contribution in [-0.2, 0) is 16.4 Å². The first-order valence-electron chi connectivity index (χ1n) is 8.03. The molecule has 8 heteroatoms. The van der Waals surface area contributed by atoms with Crippen molar-refractivity contribution in [1.29, 1.82) is 0 Å². The Hall–Kier alpha value is -1.76. The van der Waals surface area contributed by atoms with E-state index in [1.165, 1.54) is 10.6 Å². The maximum absolute atomic E-state index is 12.6. The van der Waals surface area contributed by atoms with Gasteiger partial charge >= 0.3 is 0 Å². The molecular formula is C18H18Cl2N2O3S. The van der Waals surface area contributed by atoms with Crippen molar-refractivity contribution in [3.63, 3.8) is 0 Å². The number of amides is 1. The first-order chi connectivity index (χ1) is 12.2. The molecule has 26 heavy (non-hydrogen) atoms. The van der Waals surface area contributed by atoms with E-state index in [-0.39, 0.29) is 11.9 Å². The number of benzene rings is 2. The van der Waals surface area contributed by atoms with E-state index in [0.717, 1.165) is 11.1 Å². The van der Waals surface area contributed by atoms with Gasteiger partial charge in [-0.2, -0.15) is 0 Å². The summed E-state index contributed by atoms with van der Waals surface area (Å²) in [5, 5.41) is 3.81. The van der Waals surface area contributed by atoms with Crippen LogP contribution in [0.15, 0.2) is 36.4 Å². The molecule has 1 aliphatic rings. The van der Waals surface area contributed by atoms with Gasteiger partial charge in [0.1, 0.15) is 0 Å². The van der Waals surface area contributed by atoms with Gasteiger partial charge in [0, 0.05) is 12.1 Å². The summed E-state index contributed by atoms with van der Waals surface area (Å²) in [6.45, 7) is 2.26. The second-order valence-corrected chi connectivity index (χ2v) is 9.02. The number of sulfonamides is 1. The molecule has 0 spiro atoms. The molecule has 1 heterocycles. The zero-order valence-corrected chi connectivity index (χ0v) is 16.6. The number of hydrogen-bond acceptors (Lipinski definition) is 3. The minimum Gasteiger partial charge on any atom is -0.346 e. The van der Waals surface area contributed by atoms with E-state index in [2.05, 4.69) is 5.32 Å². The van der Waals surface area contributed by atoms with E-state index >= 15 is 0 Å². The fourth-order valence-electron chi connectivity index (χ4n) is 3.00. The minimum absolute atomic E-state index is 0.232. The third-order valence-electron chi connectivity index (χ3n) is 4.39. The molecule has 3 rings (SSSR count). The second kappa shape index (κ2) is 7.10. The van der Waals surface area contributed by atoms with E-state index in [1.807, 2.05) is 13.0 Å². The predicted molar refractivity (Wildman–Crippen MR) is 105 cm³/mol. The standard InChI is InChI=1S/C18H18Cl2N2O3S/c1-11(12-3-5-15(19)16(20)10-12)21-18(23)14-4-6-17-13(9-14)7-8-22(17)26(2,24)25/h3-6,9-11H,7-8H2,1-2H3,(H,21,23)/t11-/m1/s1. The fraction of sp³-hybridized carbons (Fsp3) is 0.278. The molecule has 0 aliphatic carbocycles. The molecule has 0 saturated heterocycles. The number of hydrogen-bond donors (Lipinski definition) is 1. The number of carbonyl (C=O) groups excluding carboxylic acids is 1. The number of fused-ring (bicyclic) bond motifs is 1. The highest BCUT2D eigenvalue weighted by molar-refractivity contribution is 7.92. The summed E-state index contributed by atoms with van der Waals surface area (Å²) in [5.41, 5.74) is 2.83. The zero-order valence-electron chi connectivity index (χ0n) is 14.3. The van der Waals surface area contributed by atoms with Crippen LogP contribution < -0.4 is 9.62 Å². The lowest BCUT2D eigenvalue weighted by atomic mass is 10.1. The summed E-state index contributed by atoms with van der Waals surface area (Å²) in [6, 6.07) is 10.0. The molecule has 1 N–H and O–H groups in total. The lowest BCUT2D eigenvalue weighted by Crippen LogP contribution is -2.28. The van der Waals surface area contributed by atoms with E-state index < -0.39 is 10.0 Å². The lowest BCUT2D eigenvalue weighted by molar-refractivity contribution is 0.0940. The first kappa shape index (κ1) is 19.0. The van der Waals surface area contributed by atoms with Gasteiger partial charge < -0.3 is 5.32 Å². The number of carbonyl (C=O) groups is 1. The highest BCUT2D eigenvalue weighted by Gasteiger charge is 2.27. The molecule has 5 nitrogen and oxygen atoms in total. The monoisotopic (exact) mass is 412 g/mol. The normalized spacial score (nSPS) is 14.8. The molecule has 2 aromatic carbocycles. The number of rotatable bonds is 4. The van der Waals surface area contributed by atoms with Crippen molar-refractivity contribution in [1.82, 2.24) is 5.32 Å². The second-order valence-electron chi connectivity index (χ2n) is 6.30. The van der Waals surface area contributed by atoms with Crippen LogP contribution in [0.25, 0.3) is 0 Å². The van der Waals surface area contributed by atoms with Crippen LogP contribution in [0.3, 0.4) is 0 Å². The third-order valence-corrected chi connectivity index (χ3v) is 6.31. The molecule has 1 aliphatic heterocycles. The number of nitrogens with zero attached hydrogens (tertiary/aromatic N) is 1. The van der Waals surface area contributed by atoms with Crippen molar-refractivity contribution in [2.24, 2.45) is 0 Å². The number of anilines is 1. The minimum atomic E-state index is -3.30. The maximum atomic E-state index is 12.6. The molecule has 0 radical (unpaired) electrons. The Balaban J connectivity index is 1.78. The van der Waals surface area contributed by atoms with Gasteiger partial charge in [0.15, 0.2) is 0 Å². The fourth-order valence-corrected chi connectivity index (χ4v) is 4.27. The molecule has 0 aromatic heterocycles. The van der Waals surface area contributed by atoms with Crippen molar-refractivity contribution in [3.05, 3.63) is 63.1 Å². The smallest absolute Gasteiger partial charge is 0.251 e. The van der Waals surface area contributed by atoms with Crippen LogP contribution in [0.5, 0.6) is 0 Å². The van der Waals surface area contributed by atoms with Crippen LogP contribution in [0.1, 0.15) is 34.5 Å². The Labute approximate surface area is 163 Å². The van der Waals surface area contributed by atoms with E-state index in [9.17, 15) is 13.2 Å². The molecular weight excluding hydrogens is 395 g/mol. The van der Waals surface area contributed by atoms with Gasteiger partial charge in [0.25, 0.3) is 5.91 Å². The summed E-state index contributed by atoms with van der Waals surface area (Å²) >= 11 is 11.9. The van der Waals surface area contributed by atoms with E-state index in [4.69, 9.17) is 23.2 Å². The molecule has 0 saturated carbocycles. The molecule has 0 bridgehead atoms. The summed E-state index contributed by atoms with van der Waals surface area (Å²) in [4.78, 5) is 12.6. The molecule has 0 unspecified atom stereocenters. The van der Waals surface area contributed by atoms with Gasteiger partial charge in [0.05, 0.1) is 28.0 Å². The third kappa shape index (κ3) is 3.82. The SMILES string of the molecule is C[C@@H](NC(=O)c1ccc2c(c1)CCN2S(C)(=O)=O)c1ccc(Cl)c(Cl)c1. The zero-order chi connectivity index (χ0) is 19.1. The van der Waals surface area contributed by atoms with Gasteiger partial charge in [-0.1, -0.05) is 29.3 Å². The topological polar surface area (TPSA) is 66.5 Å². The van der Waals surface area contributed by atoms with Crippen LogP contribution in [0.2, 0.25) is 10.0 Å². The number of halogens is 2. The lowest BCUT2D eigenvalue weighted by Gasteiger charge is -2.17. The highest BCUT2D eigenvalue weighted by atomic mass is 35.5. The Morgan fingerprint density at radius 3 is 2.54 bits per heavy atom. The maximum Gasteiger partial charge on any atom is 0.251 e. The Kier molecular flexibility index (Phi) is 5.19. The molecule has 2 aromatic rings. The van der Waals surface area contributed by atoms with Crippen molar-refractivity contribution in [2.75, 3.05) is 17.1 Å². The Morgan fingerprint density at radius 1 is 1.15 bits per heavy atom. The van der Waals surface area contributed by atoms with Crippen molar-refractivity contribution in [2.45, 2.75) is 19.4 Å². The highest BCUT2D eigenvalue weighted by Crippen LogP contribution is 2.31. The molecule has 1 amide bonds. The van der Waals surface area contributed by atoms with Crippen molar-refractivity contribution in [3.8, 4) is 0 Å². The van der Waals surface area contributed by atoms with Crippen LogP contribution in [-0.4, -0.2) is 27.1 Å². The average Bonchev–Trinajstić information content (AvgIpc) is 3.00. The summed E-state index contributed by atoms with van der Waals surface area (Å²) in [7, 11) is -3.30. The first-order valence-corrected chi connectivity index (χ1v) is 10.6. The molecule has 0 fully saturated rings. The van der Waals surface area contributed by atoms with Gasteiger partial charge in [-0.3, -0.25) is 9.10 Å². The van der Waals surface area contributed by atoms with Crippen molar-refractivity contribution < 1.29 is 13.2 Å². The summed E-state index contributed by atoms with van der Waals surface area (Å²) in [6.07, 6.45) is 1.77. The molecule has 138 valence electrons. The van der Waals surface area contributed by atoms with Gasteiger partial charge in [0.2, 0.25) is 10.0 Å². The largest absolute Gasteiger partial charge is 0.346 e. The van der Waals surface area contributed by atoms with Crippen molar-refractivity contribution >= 4 is 44.8 Å².